The van der Waals surface area contributed by atoms with Gasteiger partial charge < -0.3 is 20.4 Å². The molecule has 0 radical (unpaired) electrons. The van der Waals surface area contributed by atoms with Crippen LogP contribution in [0.25, 0.3) is 11.0 Å². The van der Waals surface area contributed by atoms with E-state index in [9.17, 15) is 29.6 Å². The number of carbonyl (C=O) groups excluding carboxylic acids is 1. The fraction of sp³-hybridized carbons (Fsp3) is 0.286. The molecular weight excluding hydrogens is 404 g/mol. The Bertz CT molecular complexity index is 1340. The first kappa shape index (κ1) is 20.3. The zero-order valence-corrected chi connectivity index (χ0v) is 16.7. The van der Waals surface area contributed by atoms with E-state index < -0.39 is 16.0 Å². The van der Waals surface area contributed by atoms with Crippen LogP contribution in [-0.4, -0.2) is 31.9 Å². The predicted octanol–water partition coefficient (Wildman–Crippen LogP) is 1.68. The molecule has 1 aliphatic rings. The van der Waals surface area contributed by atoms with Gasteiger partial charge in [0.25, 0.3) is 11.6 Å². The molecule has 0 fully saturated rings. The van der Waals surface area contributed by atoms with E-state index in [4.69, 9.17) is 0 Å². The third-order valence-corrected chi connectivity index (χ3v) is 5.66. The van der Waals surface area contributed by atoms with Crippen molar-refractivity contribution in [1.82, 2.24) is 15.3 Å². The Morgan fingerprint density at radius 2 is 1.97 bits per heavy atom. The van der Waals surface area contributed by atoms with E-state index in [0.717, 1.165) is 5.56 Å². The summed E-state index contributed by atoms with van der Waals surface area (Å²) in [7, 11) is 0. The maximum Gasteiger partial charge on any atom is 0.314 e. The van der Waals surface area contributed by atoms with Crippen molar-refractivity contribution < 1.29 is 14.8 Å². The van der Waals surface area contributed by atoms with Crippen molar-refractivity contribution in [1.29, 1.82) is 0 Å². The number of carbonyl (C=O) groups is 1. The standard InChI is InChI=1S/C21H20N4O6/c1-2-10-3-5-12(26)8-14(10)19(27)22-11-4-6-13-15(7-11)18-16(9-17(13)25(30)31)23-20(28)21(29)24-18/h3,5,8-9,11,26H,2,4,6-7H2,1H3,(H,22,27)(H,23,28)(H,24,29). The van der Waals surface area contributed by atoms with E-state index in [0.29, 0.717) is 41.5 Å². The largest absolute Gasteiger partial charge is 0.508 e. The topological polar surface area (TPSA) is 158 Å². The molecule has 4 rings (SSSR count). The molecule has 3 aromatic rings. The van der Waals surface area contributed by atoms with Gasteiger partial charge in [0.2, 0.25) is 0 Å². The van der Waals surface area contributed by atoms with Crippen LogP contribution in [0.4, 0.5) is 5.69 Å². The van der Waals surface area contributed by atoms with Gasteiger partial charge in [0, 0.05) is 23.2 Å². The van der Waals surface area contributed by atoms with Crippen molar-refractivity contribution in [3.8, 4) is 5.75 Å². The van der Waals surface area contributed by atoms with Crippen molar-refractivity contribution >= 4 is 22.6 Å². The van der Waals surface area contributed by atoms with E-state index in [1.165, 1.54) is 18.2 Å². The molecule has 1 aromatic heterocycles. The highest BCUT2D eigenvalue weighted by atomic mass is 16.6. The molecule has 10 heteroatoms. The Labute approximate surface area is 175 Å². The Hall–Kier alpha value is -3.95. The van der Waals surface area contributed by atoms with E-state index in [2.05, 4.69) is 15.3 Å². The highest BCUT2D eigenvalue weighted by molar-refractivity contribution is 5.96. The van der Waals surface area contributed by atoms with Crippen molar-refractivity contribution in [2.45, 2.75) is 38.6 Å². The minimum absolute atomic E-state index is 0.0144. The van der Waals surface area contributed by atoms with E-state index in [1.807, 2.05) is 6.92 Å². The number of phenolic OH excluding ortho intramolecular Hbond substituents is 1. The molecule has 4 N–H and O–H groups in total. The molecule has 1 atom stereocenters. The third kappa shape index (κ3) is 3.67. The maximum atomic E-state index is 12.9. The number of nitrogens with one attached hydrogen (secondary N) is 3. The first-order valence-electron chi connectivity index (χ1n) is 9.86. The molecule has 2 aromatic carbocycles. The van der Waals surface area contributed by atoms with Crippen LogP contribution in [0.2, 0.25) is 0 Å². The Balaban J connectivity index is 1.73. The van der Waals surface area contributed by atoms with Gasteiger partial charge >= 0.3 is 11.1 Å². The highest BCUT2D eigenvalue weighted by Gasteiger charge is 2.29. The van der Waals surface area contributed by atoms with E-state index in [1.54, 1.807) is 6.07 Å². The van der Waals surface area contributed by atoms with Crippen LogP contribution in [0.1, 0.15) is 40.4 Å². The van der Waals surface area contributed by atoms with Crippen LogP contribution in [0.5, 0.6) is 5.75 Å². The molecule has 1 heterocycles. The molecule has 31 heavy (non-hydrogen) atoms. The Morgan fingerprint density at radius 1 is 1.23 bits per heavy atom. The van der Waals surface area contributed by atoms with Gasteiger partial charge in [-0.1, -0.05) is 13.0 Å². The number of aromatic hydroxyl groups is 1. The summed E-state index contributed by atoms with van der Waals surface area (Å²) in [6.07, 6.45) is 1.66. The number of nitro benzene ring substituents is 1. The molecule has 0 aliphatic heterocycles. The average molecular weight is 424 g/mol. The van der Waals surface area contributed by atoms with Gasteiger partial charge in [-0.25, -0.2) is 0 Å². The van der Waals surface area contributed by atoms with E-state index in [-0.39, 0.29) is 35.3 Å². The summed E-state index contributed by atoms with van der Waals surface area (Å²) in [5.41, 5.74) is 0.804. The number of rotatable bonds is 4. The minimum Gasteiger partial charge on any atom is -0.508 e. The number of nitrogens with zero attached hydrogens (tertiary/aromatic N) is 1. The van der Waals surface area contributed by atoms with Gasteiger partial charge in [0.05, 0.1) is 16.0 Å². The van der Waals surface area contributed by atoms with Gasteiger partial charge in [0.15, 0.2) is 0 Å². The fourth-order valence-electron chi connectivity index (χ4n) is 4.16. The zero-order valence-electron chi connectivity index (χ0n) is 16.7. The lowest BCUT2D eigenvalue weighted by Crippen LogP contribution is -2.39. The number of fused-ring (bicyclic) bond motifs is 3. The van der Waals surface area contributed by atoms with Gasteiger partial charge in [0.1, 0.15) is 5.75 Å². The van der Waals surface area contributed by atoms with Crippen molar-refractivity contribution in [3.63, 3.8) is 0 Å². The van der Waals surface area contributed by atoms with Crippen molar-refractivity contribution in [2.75, 3.05) is 0 Å². The molecule has 1 aliphatic carbocycles. The maximum absolute atomic E-state index is 12.9. The number of hydrogen-bond acceptors (Lipinski definition) is 6. The molecule has 0 spiro atoms. The quantitative estimate of drug-likeness (QED) is 0.283. The summed E-state index contributed by atoms with van der Waals surface area (Å²) in [5.74, 6) is -0.364. The summed E-state index contributed by atoms with van der Waals surface area (Å²) >= 11 is 0. The number of nitro groups is 1. The number of aromatic amines is 2. The number of phenols is 1. The lowest BCUT2D eigenvalue weighted by atomic mass is 9.86. The number of hydrogen-bond donors (Lipinski definition) is 4. The minimum atomic E-state index is -0.890. The van der Waals surface area contributed by atoms with Gasteiger partial charge in [-0.05, 0) is 48.9 Å². The molecule has 1 unspecified atom stereocenters. The van der Waals surface area contributed by atoms with Crippen LogP contribution in [0.15, 0.2) is 33.9 Å². The first-order valence-corrected chi connectivity index (χ1v) is 9.86. The third-order valence-electron chi connectivity index (χ3n) is 5.66. The summed E-state index contributed by atoms with van der Waals surface area (Å²) < 4.78 is 0. The second kappa shape index (κ2) is 7.71. The summed E-state index contributed by atoms with van der Waals surface area (Å²) in [4.78, 5) is 52.4. The second-order valence-corrected chi connectivity index (χ2v) is 7.55. The smallest absolute Gasteiger partial charge is 0.314 e. The number of amides is 1. The molecule has 10 nitrogen and oxygen atoms in total. The van der Waals surface area contributed by atoms with Crippen LogP contribution in [-0.2, 0) is 19.3 Å². The van der Waals surface area contributed by atoms with Crippen LogP contribution in [0.3, 0.4) is 0 Å². The second-order valence-electron chi connectivity index (χ2n) is 7.55. The predicted molar refractivity (Wildman–Crippen MR) is 113 cm³/mol. The summed E-state index contributed by atoms with van der Waals surface area (Å²) in [6, 6.07) is 5.54. The number of benzene rings is 2. The molecule has 1 amide bonds. The lowest BCUT2D eigenvalue weighted by Gasteiger charge is -2.26. The normalized spacial score (nSPS) is 15.5. The lowest BCUT2D eigenvalue weighted by molar-refractivity contribution is -0.385. The molecule has 160 valence electrons. The summed E-state index contributed by atoms with van der Waals surface area (Å²) in [6.45, 7) is 1.91. The fourth-order valence-corrected chi connectivity index (χ4v) is 4.16. The monoisotopic (exact) mass is 424 g/mol. The Morgan fingerprint density at radius 3 is 2.68 bits per heavy atom. The molecule has 0 saturated carbocycles. The van der Waals surface area contributed by atoms with Crippen molar-refractivity contribution in [3.05, 3.63) is 77.3 Å². The number of H-pyrrole nitrogens is 2. The molecule has 0 bridgehead atoms. The zero-order chi connectivity index (χ0) is 22.3. The first-order chi connectivity index (χ1) is 14.8. The SMILES string of the molecule is CCc1ccc(O)cc1C(=O)NC1CCc2c([N+](=O)[O-])cc3[nH]c(=O)c(=O)[nH]c3c2C1. The van der Waals surface area contributed by atoms with Crippen LogP contribution < -0.4 is 16.4 Å². The van der Waals surface area contributed by atoms with Crippen molar-refractivity contribution in [2.24, 2.45) is 0 Å². The highest BCUT2D eigenvalue weighted by Crippen LogP contribution is 2.34. The van der Waals surface area contributed by atoms with Gasteiger partial charge in [-0.15, -0.1) is 0 Å². The summed E-state index contributed by atoms with van der Waals surface area (Å²) in [5, 5.41) is 24.3. The molecule has 0 saturated heterocycles. The van der Waals surface area contributed by atoms with E-state index >= 15 is 0 Å². The Kier molecular flexibility index (Phi) is 5.05. The van der Waals surface area contributed by atoms with Crippen LogP contribution >= 0.6 is 0 Å². The molecular formula is C21H20N4O6. The number of aryl methyl sites for hydroxylation is 1. The number of aromatic nitrogens is 2. The van der Waals surface area contributed by atoms with Gasteiger partial charge in [-0.3, -0.25) is 24.5 Å². The van der Waals surface area contributed by atoms with Gasteiger partial charge in [-0.2, -0.15) is 0 Å². The van der Waals surface area contributed by atoms with Crippen LogP contribution in [0, 0.1) is 10.1 Å². The average Bonchev–Trinajstić information content (AvgIpc) is 2.74.